The van der Waals surface area contributed by atoms with E-state index in [0.717, 1.165) is 43.0 Å². The molecule has 0 aromatic heterocycles. The molecule has 0 N–H and O–H groups in total. The molecular formula is C26H22F6O2. The number of alkyl halides is 2. The summed E-state index contributed by atoms with van der Waals surface area (Å²) in [6, 6.07) is 10.1. The van der Waals surface area contributed by atoms with E-state index in [-0.39, 0.29) is 11.7 Å². The van der Waals surface area contributed by atoms with Crippen LogP contribution in [0.25, 0.3) is 11.1 Å². The minimum atomic E-state index is -4.46. The van der Waals surface area contributed by atoms with Crippen LogP contribution in [-0.4, -0.2) is 6.61 Å². The molecule has 2 nitrogen and oxygen atoms in total. The molecule has 0 aliphatic carbocycles. The average Bonchev–Trinajstić information content (AvgIpc) is 3.00. The van der Waals surface area contributed by atoms with Crippen LogP contribution in [0.1, 0.15) is 43.4 Å². The van der Waals surface area contributed by atoms with Gasteiger partial charge in [0.25, 0.3) is 0 Å². The molecule has 3 aromatic carbocycles. The van der Waals surface area contributed by atoms with Crippen LogP contribution in [0.3, 0.4) is 0 Å². The van der Waals surface area contributed by atoms with Crippen LogP contribution in [0.2, 0.25) is 0 Å². The highest BCUT2D eigenvalue weighted by Crippen LogP contribution is 2.38. The van der Waals surface area contributed by atoms with Gasteiger partial charge in [0.15, 0.2) is 11.6 Å². The Labute approximate surface area is 193 Å². The van der Waals surface area contributed by atoms with Crippen LogP contribution in [0.5, 0.6) is 5.75 Å². The summed E-state index contributed by atoms with van der Waals surface area (Å²) in [6.07, 6.45) is -1.64. The third kappa shape index (κ3) is 5.22. The molecular weight excluding hydrogens is 458 g/mol. The van der Waals surface area contributed by atoms with Crippen molar-refractivity contribution in [1.82, 2.24) is 0 Å². The number of halogens is 6. The Kier molecular flexibility index (Phi) is 6.89. The van der Waals surface area contributed by atoms with Gasteiger partial charge in [0, 0.05) is 12.7 Å². The lowest BCUT2D eigenvalue weighted by Crippen LogP contribution is -2.25. The van der Waals surface area contributed by atoms with Gasteiger partial charge in [-0.05, 0) is 66.1 Å². The predicted octanol–water partition coefficient (Wildman–Crippen LogP) is 7.92. The molecule has 0 radical (unpaired) electrons. The first kappa shape index (κ1) is 24.1. The van der Waals surface area contributed by atoms with E-state index in [1.165, 1.54) is 0 Å². The average molecular weight is 480 g/mol. The molecule has 1 heterocycles. The Morgan fingerprint density at radius 1 is 0.765 bits per heavy atom. The molecule has 0 spiro atoms. The van der Waals surface area contributed by atoms with E-state index in [9.17, 15) is 26.3 Å². The standard InChI is InChI=1S/C26H22F6O2/c1-15-2-9-24(33-11-10-15)17-5-3-16(4-6-17)18-12-22(29)25(23(30)13-18)26(31,32)34-19-7-8-20(27)21(28)14-19/h3-8,12-15,24H,2,9-11H2,1H3. The van der Waals surface area contributed by atoms with Crippen molar-refractivity contribution in [3.05, 3.63) is 89.0 Å². The van der Waals surface area contributed by atoms with E-state index < -0.39 is 40.7 Å². The Balaban J connectivity index is 1.56. The molecule has 3 aromatic rings. The minimum absolute atomic E-state index is 0.0596. The smallest absolute Gasteiger partial charge is 0.429 e. The maximum absolute atomic E-state index is 14.6. The van der Waals surface area contributed by atoms with Gasteiger partial charge in [-0.25, -0.2) is 17.6 Å². The van der Waals surface area contributed by atoms with E-state index in [0.29, 0.717) is 30.2 Å². The summed E-state index contributed by atoms with van der Waals surface area (Å²) in [5.74, 6) is -5.98. The SMILES string of the molecule is CC1CCOC(c2ccc(-c3cc(F)c(C(F)(F)Oc4ccc(F)c(F)c4)c(F)c3)cc2)CC1. The predicted molar refractivity (Wildman–Crippen MR) is 114 cm³/mol. The zero-order chi connectivity index (χ0) is 24.5. The summed E-state index contributed by atoms with van der Waals surface area (Å²) in [5, 5.41) is 0. The van der Waals surface area contributed by atoms with Crippen LogP contribution < -0.4 is 4.74 Å². The van der Waals surface area contributed by atoms with Gasteiger partial charge >= 0.3 is 6.11 Å². The zero-order valence-electron chi connectivity index (χ0n) is 18.3. The summed E-state index contributed by atoms with van der Waals surface area (Å²) in [4.78, 5) is 0. The highest BCUT2D eigenvalue weighted by atomic mass is 19.3. The van der Waals surface area contributed by atoms with Crippen molar-refractivity contribution in [2.75, 3.05) is 6.61 Å². The van der Waals surface area contributed by atoms with E-state index in [1.54, 1.807) is 24.3 Å². The molecule has 2 unspecified atom stereocenters. The highest BCUT2D eigenvalue weighted by Gasteiger charge is 2.41. The molecule has 1 aliphatic rings. The first-order valence-electron chi connectivity index (χ1n) is 10.9. The highest BCUT2D eigenvalue weighted by molar-refractivity contribution is 5.64. The Bertz CT molecular complexity index is 1140. The fourth-order valence-electron chi connectivity index (χ4n) is 3.99. The van der Waals surface area contributed by atoms with Crippen LogP contribution in [0, 0.1) is 29.2 Å². The second-order valence-corrected chi connectivity index (χ2v) is 8.46. The van der Waals surface area contributed by atoms with Crippen molar-refractivity contribution in [1.29, 1.82) is 0 Å². The first-order valence-corrected chi connectivity index (χ1v) is 10.9. The van der Waals surface area contributed by atoms with Gasteiger partial charge in [-0.2, -0.15) is 8.78 Å². The summed E-state index contributed by atoms with van der Waals surface area (Å²) in [5.41, 5.74) is -0.204. The molecule has 180 valence electrons. The molecule has 1 fully saturated rings. The number of benzene rings is 3. The molecule has 1 saturated heterocycles. The first-order chi connectivity index (χ1) is 16.1. The van der Waals surface area contributed by atoms with Gasteiger partial charge in [0.05, 0.1) is 6.10 Å². The fourth-order valence-corrected chi connectivity index (χ4v) is 3.99. The summed E-state index contributed by atoms with van der Waals surface area (Å²) in [7, 11) is 0. The van der Waals surface area contributed by atoms with Crippen molar-refractivity contribution < 1.29 is 35.8 Å². The lowest BCUT2D eigenvalue weighted by Gasteiger charge is -2.20. The third-order valence-corrected chi connectivity index (χ3v) is 5.94. The van der Waals surface area contributed by atoms with E-state index >= 15 is 0 Å². The topological polar surface area (TPSA) is 18.5 Å². The van der Waals surface area contributed by atoms with Crippen LogP contribution >= 0.6 is 0 Å². The van der Waals surface area contributed by atoms with Crippen LogP contribution in [0.4, 0.5) is 26.3 Å². The van der Waals surface area contributed by atoms with E-state index in [2.05, 4.69) is 11.7 Å². The van der Waals surface area contributed by atoms with Crippen molar-refractivity contribution >= 4 is 0 Å². The minimum Gasteiger partial charge on any atom is -0.429 e. The van der Waals surface area contributed by atoms with Crippen molar-refractivity contribution in [2.45, 2.75) is 38.4 Å². The Hall–Kier alpha value is -3.00. The second-order valence-electron chi connectivity index (χ2n) is 8.46. The van der Waals surface area contributed by atoms with Gasteiger partial charge in [0.2, 0.25) is 0 Å². The van der Waals surface area contributed by atoms with Gasteiger partial charge < -0.3 is 9.47 Å². The summed E-state index contributed by atoms with van der Waals surface area (Å²) >= 11 is 0. The third-order valence-electron chi connectivity index (χ3n) is 5.94. The fraction of sp³-hybridized carbons (Fsp3) is 0.308. The monoisotopic (exact) mass is 480 g/mol. The Morgan fingerprint density at radius 2 is 1.44 bits per heavy atom. The van der Waals surface area contributed by atoms with Crippen LogP contribution in [-0.2, 0) is 10.8 Å². The van der Waals surface area contributed by atoms with Gasteiger partial charge in [-0.15, -0.1) is 0 Å². The molecule has 2 atom stereocenters. The summed E-state index contributed by atoms with van der Waals surface area (Å²) in [6.45, 7) is 2.83. The quantitative estimate of drug-likeness (QED) is 0.346. The van der Waals surface area contributed by atoms with Crippen molar-refractivity contribution in [2.24, 2.45) is 5.92 Å². The normalized spacial score (nSPS) is 19.0. The maximum atomic E-state index is 14.6. The zero-order valence-corrected chi connectivity index (χ0v) is 18.3. The molecule has 1 aliphatic heterocycles. The number of hydrogen-bond acceptors (Lipinski definition) is 2. The number of hydrogen-bond donors (Lipinski definition) is 0. The van der Waals surface area contributed by atoms with Crippen molar-refractivity contribution in [3.8, 4) is 16.9 Å². The summed E-state index contributed by atoms with van der Waals surface area (Å²) < 4.78 is 94.8. The molecule has 0 amide bonds. The maximum Gasteiger partial charge on any atom is 0.432 e. The molecule has 0 bridgehead atoms. The largest absolute Gasteiger partial charge is 0.432 e. The second kappa shape index (κ2) is 9.70. The van der Waals surface area contributed by atoms with Crippen LogP contribution in [0.15, 0.2) is 54.6 Å². The van der Waals surface area contributed by atoms with Gasteiger partial charge in [0.1, 0.15) is 22.9 Å². The van der Waals surface area contributed by atoms with E-state index in [4.69, 9.17) is 4.74 Å². The van der Waals surface area contributed by atoms with Gasteiger partial charge in [-0.3, -0.25) is 0 Å². The van der Waals surface area contributed by atoms with Gasteiger partial charge in [-0.1, -0.05) is 31.2 Å². The molecule has 4 rings (SSSR count). The molecule has 34 heavy (non-hydrogen) atoms. The Morgan fingerprint density at radius 3 is 2.09 bits per heavy atom. The lowest BCUT2D eigenvalue weighted by atomic mass is 9.96. The van der Waals surface area contributed by atoms with E-state index in [1.807, 2.05) is 0 Å². The lowest BCUT2D eigenvalue weighted by molar-refractivity contribution is -0.189. The molecule has 8 heteroatoms. The number of rotatable bonds is 5. The number of ether oxygens (including phenoxy) is 2. The van der Waals surface area contributed by atoms with Crippen molar-refractivity contribution in [3.63, 3.8) is 0 Å². The molecule has 0 saturated carbocycles.